The number of rotatable bonds is 7. The topological polar surface area (TPSA) is 97.1 Å². The van der Waals surface area contributed by atoms with E-state index < -0.39 is 11.5 Å². The lowest BCUT2D eigenvalue weighted by molar-refractivity contribution is -0.139. The predicted octanol–water partition coefficient (Wildman–Crippen LogP) is 2.12. The Bertz CT molecular complexity index is 755. The van der Waals surface area contributed by atoms with Gasteiger partial charge in [-0.1, -0.05) is 37.3 Å². The van der Waals surface area contributed by atoms with Crippen molar-refractivity contribution in [1.29, 1.82) is 0 Å². The van der Waals surface area contributed by atoms with Crippen molar-refractivity contribution in [1.82, 2.24) is 20.3 Å². The third kappa shape index (κ3) is 4.43. The van der Waals surface area contributed by atoms with E-state index >= 15 is 0 Å². The molecule has 1 atom stereocenters. The van der Waals surface area contributed by atoms with Gasteiger partial charge in [-0.15, -0.1) is 5.10 Å². The lowest BCUT2D eigenvalue weighted by Crippen LogP contribution is -2.51. The lowest BCUT2D eigenvalue weighted by atomic mass is 9.85. The summed E-state index contributed by atoms with van der Waals surface area (Å²) in [5.74, 6) is -1.22. The molecule has 2 N–H and O–H groups in total. The zero-order chi connectivity index (χ0) is 18.6. The SMILES string of the molecule is Cc1c(CC(=O)NC(C)(CC(=O)O)C(C)C)nnn1-c1ccccc1. The van der Waals surface area contributed by atoms with Crippen LogP contribution >= 0.6 is 0 Å². The normalized spacial score (nSPS) is 13.5. The number of aliphatic carboxylic acids is 1. The van der Waals surface area contributed by atoms with Gasteiger partial charge in [-0.25, -0.2) is 4.68 Å². The summed E-state index contributed by atoms with van der Waals surface area (Å²) in [6, 6.07) is 9.55. The van der Waals surface area contributed by atoms with E-state index in [9.17, 15) is 9.59 Å². The summed E-state index contributed by atoms with van der Waals surface area (Å²) in [5, 5.41) is 20.2. The fourth-order valence-corrected chi connectivity index (χ4v) is 2.56. The van der Waals surface area contributed by atoms with Gasteiger partial charge in [0.15, 0.2) is 0 Å². The van der Waals surface area contributed by atoms with Crippen molar-refractivity contribution in [3.8, 4) is 5.69 Å². The van der Waals surface area contributed by atoms with E-state index in [0.717, 1.165) is 11.4 Å². The van der Waals surface area contributed by atoms with Crippen molar-refractivity contribution < 1.29 is 14.7 Å². The Morgan fingerprint density at radius 3 is 2.48 bits per heavy atom. The number of carbonyl (C=O) groups is 2. The molecule has 134 valence electrons. The number of nitrogens with one attached hydrogen (secondary N) is 1. The smallest absolute Gasteiger partial charge is 0.305 e. The molecule has 0 aliphatic heterocycles. The second kappa shape index (κ2) is 7.46. The Morgan fingerprint density at radius 1 is 1.28 bits per heavy atom. The predicted molar refractivity (Wildman–Crippen MR) is 93.4 cm³/mol. The van der Waals surface area contributed by atoms with Crippen LogP contribution in [0.5, 0.6) is 0 Å². The molecule has 25 heavy (non-hydrogen) atoms. The fourth-order valence-electron chi connectivity index (χ4n) is 2.56. The summed E-state index contributed by atoms with van der Waals surface area (Å²) >= 11 is 0. The van der Waals surface area contributed by atoms with E-state index in [2.05, 4.69) is 15.6 Å². The van der Waals surface area contributed by atoms with Crippen LogP contribution in [0.2, 0.25) is 0 Å². The number of amides is 1. The van der Waals surface area contributed by atoms with Crippen LogP contribution in [0.1, 0.15) is 38.6 Å². The van der Waals surface area contributed by atoms with Crippen molar-refractivity contribution in [2.24, 2.45) is 5.92 Å². The summed E-state index contributed by atoms with van der Waals surface area (Å²) in [7, 11) is 0. The van der Waals surface area contributed by atoms with Crippen LogP contribution in [0.3, 0.4) is 0 Å². The Balaban J connectivity index is 2.13. The lowest BCUT2D eigenvalue weighted by Gasteiger charge is -2.33. The van der Waals surface area contributed by atoms with Crippen LogP contribution in [0.25, 0.3) is 5.69 Å². The van der Waals surface area contributed by atoms with Crippen LogP contribution in [0, 0.1) is 12.8 Å². The summed E-state index contributed by atoms with van der Waals surface area (Å²) in [6.07, 6.45) is -0.0767. The number of para-hydroxylation sites is 1. The zero-order valence-electron chi connectivity index (χ0n) is 15.0. The van der Waals surface area contributed by atoms with Crippen LogP contribution in [-0.4, -0.2) is 37.5 Å². The first-order valence-corrected chi connectivity index (χ1v) is 8.22. The van der Waals surface area contributed by atoms with Gasteiger partial charge in [0.1, 0.15) is 0 Å². The van der Waals surface area contributed by atoms with Gasteiger partial charge in [0, 0.05) is 5.54 Å². The molecule has 0 fully saturated rings. The quantitative estimate of drug-likeness (QED) is 0.802. The van der Waals surface area contributed by atoms with Gasteiger partial charge in [0.25, 0.3) is 0 Å². The highest BCUT2D eigenvalue weighted by Gasteiger charge is 2.33. The van der Waals surface area contributed by atoms with Gasteiger partial charge in [-0.05, 0) is 31.9 Å². The number of hydrogen-bond donors (Lipinski definition) is 2. The molecule has 0 aliphatic rings. The molecule has 1 amide bonds. The molecule has 7 nitrogen and oxygen atoms in total. The zero-order valence-corrected chi connectivity index (χ0v) is 15.0. The monoisotopic (exact) mass is 344 g/mol. The number of carboxylic acids is 1. The number of hydrogen-bond acceptors (Lipinski definition) is 4. The third-order valence-electron chi connectivity index (χ3n) is 4.54. The minimum Gasteiger partial charge on any atom is -0.481 e. The van der Waals surface area contributed by atoms with E-state index in [1.807, 2.05) is 51.1 Å². The minimum absolute atomic E-state index is 0.0198. The highest BCUT2D eigenvalue weighted by molar-refractivity contribution is 5.80. The molecule has 1 unspecified atom stereocenters. The van der Waals surface area contributed by atoms with Crippen LogP contribution in [-0.2, 0) is 16.0 Å². The molecule has 0 radical (unpaired) electrons. The van der Waals surface area contributed by atoms with Crippen LogP contribution in [0.15, 0.2) is 30.3 Å². The molecule has 0 saturated carbocycles. The van der Waals surface area contributed by atoms with Crippen molar-refractivity contribution in [2.75, 3.05) is 0 Å². The maximum Gasteiger partial charge on any atom is 0.305 e. The van der Waals surface area contributed by atoms with Crippen molar-refractivity contribution >= 4 is 11.9 Å². The summed E-state index contributed by atoms with van der Waals surface area (Å²) < 4.78 is 1.68. The molecule has 2 aromatic rings. The van der Waals surface area contributed by atoms with Gasteiger partial charge < -0.3 is 10.4 Å². The Hall–Kier alpha value is -2.70. The summed E-state index contributed by atoms with van der Waals surface area (Å²) in [6.45, 7) is 7.38. The van der Waals surface area contributed by atoms with E-state index in [4.69, 9.17) is 5.11 Å². The summed E-state index contributed by atoms with van der Waals surface area (Å²) in [5.41, 5.74) is 1.41. The molecule has 0 bridgehead atoms. The molecule has 1 aromatic carbocycles. The Labute approximate surface area is 147 Å². The van der Waals surface area contributed by atoms with E-state index in [1.165, 1.54) is 0 Å². The molecule has 1 heterocycles. The maximum atomic E-state index is 12.4. The molecule has 1 aromatic heterocycles. The van der Waals surface area contributed by atoms with Gasteiger partial charge >= 0.3 is 5.97 Å². The molecular weight excluding hydrogens is 320 g/mol. The van der Waals surface area contributed by atoms with Crippen LogP contribution < -0.4 is 5.32 Å². The number of carboxylic acid groups (broad SMARTS) is 1. The van der Waals surface area contributed by atoms with Gasteiger partial charge in [-0.2, -0.15) is 0 Å². The molecule has 0 aliphatic carbocycles. The highest BCUT2D eigenvalue weighted by atomic mass is 16.4. The van der Waals surface area contributed by atoms with E-state index in [1.54, 1.807) is 11.6 Å². The average molecular weight is 344 g/mol. The first-order valence-electron chi connectivity index (χ1n) is 8.22. The highest BCUT2D eigenvalue weighted by Crippen LogP contribution is 2.21. The first kappa shape index (κ1) is 18.6. The molecule has 7 heteroatoms. The van der Waals surface area contributed by atoms with Crippen molar-refractivity contribution in [3.63, 3.8) is 0 Å². The summed E-state index contributed by atoms with van der Waals surface area (Å²) in [4.78, 5) is 23.5. The second-order valence-corrected chi connectivity index (χ2v) is 6.74. The Kier molecular flexibility index (Phi) is 5.56. The second-order valence-electron chi connectivity index (χ2n) is 6.74. The average Bonchev–Trinajstić information content (AvgIpc) is 2.88. The maximum absolute atomic E-state index is 12.4. The van der Waals surface area contributed by atoms with E-state index in [-0.39, 0.29) is 24.7 Å². The van der Waals surface area contributed by atoms with Gasteiger partial charge in [0.2, 0.25) is 5.91 Å². The molecular formula is C18H24N4O3. The van der Waals surface area contributed by atoms with Gasteiger partial charge in [0.05, 0.1) is 29.9 Å². The standard InChI is InChI=1S/C18H24N4O3/c1-12(2)18(4,11-17(24)25)19-16(23)10-15-13(3)22(21-20-15)14-8-6-5-7-9-14/h5-9,12H,10-11H2,1-4H3,(H,19,23)(H,24,25). The molecule has 0 spiro atoms. The number of carbonyl (C=O) groups excluding carboxylic acids is 1. The number of benzene rings is 1. The fraction of sp³-hybridized carbons (Fsp3) is 0.444. The molecule has 2 rings (SSSR count). The Morgan fingerprint density at radius 2 is 1.92 bits per heavy atom. The molecule has 0 saturated heterocycles. The number of aromatic nitrogens is 3. The largest absolute Gasteiger partial charge is 0.481 e. The van der Waals surface area contributed by atoms with Gasteiger partial charge in [-0.3, -0.25) is 9.59 Å². The third-order valence-corrected chi connectivity index (χ3v) is 4.54. The van der Waals surface area contributed by atoms with Crippen molar-refractivity contribution in [2.45, 2.75) is 46.1 Å². The number of nitrogens with zero attached hydrogens (tertiary/aromatic N) is 3. The van der Waals surface area contributed by atoms with E-state index in [0.29, 0.717) is 5.69 Å². The first-order chi connectivity index (χ1) is 11.7. The van der Waals surface area contributed by atoms with Crippen LogP contribution in [0.4, 0.5) is 0 Å². The van der Waals surface area contributed by atoms with Crippen molar-refractivity contribution in [3.05, 3.63) is 41.7 Å². The minimum atomic E-state index is -0.942.